The van der Waals surface area contributed by atoms with Gasteiger partial charge < -0.3 is 5.11 Å². The monoisotopic (exact) mass is 265 g/mol. The zero-order valence-electron chi connectivity index (χ0n) is 10.6. The molecule has 2 fully saturated rings. The van der Waals surface area contributed by atoms with Crippen molar-refractivity contribution in [3.8, 4) is 0 Å². The number of hydrogen-bond donors (Lipinski definition) is 1. The van der Waals surface area contributed by atoms with Gasteiger partial charge in [0.15, 0.2) is 0 Å². The third kappa shape index (κ3) is 3.38. The average molecular weight is 265 g/mol. The van der Waals surface area contributed by atoms with Gasteiger partial charge in [-0.1, -0.05) is 19.3 Å². The van der Waals surface area contributed by atoms with Crippen LogP contribution in [0, 0.1) is 5.92 Å². The summed E-state index contributed by atoms with van der Waals surface area (Å²) in [6, 6.07) is -0.0577. The summed E-state index contributed by atoms with van der Waals surface area (Å²) in [6.45, 7) is 0.777. The van der Waals surface area contributed by atoms with E-state index in [1.165, 1.54) is 0 Å². The van der Waals surface area contributed by atoms with Gasteiger partial charge in [0, 0.05) is 12.6 Å². The lowest BCUT2D eigenvalue weighted by atomic mass is 9.93. The molecule has 3 atom stereocenters. The van der Waals surface area contributed by atoms with Crippen LogP contribution in [-0.4, -0.2) is 41.4 Å². The van der Waals surface area contributed by atoms with Gasteiger partial charge >= 0.3 is 6.18 Å². The number of aliphatic hydroxyl groups excluding tert-OH is 1. The zero-order chi connectivity index (χ0) is 13.2. The van der Waals surface area contributed by atoms with Crippen molar-refractivity contribution in [3.63, 3.8) is 0 Å². The number of rotatable bonds is 1. The Bertz CT molecular complexity index is 269. The maximum atomic E-state index is 12.8. The first-order valence-corrected chi connectivity index (χ1v) is 6.97. The average Bonchev–Trinajstić information content (AvgIpc) is 2.53. The Balaban J connectivity index is 1.98. The summed E-state index contributed by atoms with van der Waals surface area (Å²) in [7, 11) is 0. The maximum absolute atomic E-state index is 12.8. The van der Waals surface area contributed by atoms with Gasteiger partial charge in [-0.15, -0.1) is 0 Å². The molecule has 0 bridgehead atoms. The van der Waals surface area contributed by atoms with Gasteiger partial charge in [0.2, 0.25) is 0 Å². The number of hydrogen-bond acceptors (Lipinski definition) is 2. The molecule has 0 aromatic rings. The van der Waals surface area contributed by atoms with Crippen LogP contribution >= 0.6 is 0 Å². The number of alkyl halides is 3. The molecule has 2 aliphatic rings. The van der Waals surface area contributed by atoms with E-state index in [1.807, 2.05) is 4.90 Å². The summed E-state index contributed by atoms with van der Waals surface area (Å²) < 4.78 is 38.3. The highest BCUT2D eigenvalue weighted by molar-refractivity contribution is 4.87. The van der Waals surface area contributed by atoms with Gasteiger partial charge in [-0.05, 0) is 32.2 Å². The fourth-order valence-corrected chi connectivity index (χ4v) is 3.27. The third-order valence-corrected chi connectivity index (χ3v) is 4.33. The lowest BCUT2D eigenvalue weighted by Crippen LogP contribution is -2.50. The van der Waals surface area contributed by atoms with Gasteiger partial charge in [0.05, 0.1) is 12.0 Å². The predicted molar refractivity (Wildman–Crippen MR) is 63.2 cm³/mol. The van der Waals surface area contributed by atoms with Gasteiger partial charge in [-0.25, -0.2) is 0 Å². The van der Waals surface area contributed by atoms with Crippen molar-refractivity contribution in [1.29, 1.82) is 0 Å². The minimum absolute atomic E-state index is 0.0577. The van der Waals surface area contributed by atoms with E-state index in [1.54, 1.807) is 0 Å². The molecule has 3 unspecified atom stereocenters. The second-order valence-corrected chi connectivity index (χ2v) is 5.65. The van der Waals surface area contributed by atoms with E-state index < -0.39 is 18.2 Å². The highest BCUT2D eigenvalue weighted by Gasteiger charge is 2.43. The van der Waals surface area contributed by atoms with Crippen molar-refractivity contribution in [2.45, 2.75) is 63.3 Å². The standard InChI is InChI=1S/C13H22F3NO/c14-13(15,16)10-5-4-8-17(9-10)11-6-2-1-3-7-12(11)18/h10-12,18H,1-9H2. The lowest BCUT2D eigenvalue weighted by molar-refractivity contribution is -0.190. The predicted octanol–water partition coefficient (Wildman–Crippen LogP) is 2.95. The molecule has 0 radical (unpaired) electrons. The SMILES string of the molecule is OC1CCCCCC1N1CCCC(C(F)(F)F)C1. The van der Waals surface area contributed by atoms with Gasteiger partial charge in [0.25, 0.3) is 0 Å². The molecule has 2 rings (SSSR count). The Morgan fingerprint density at radius 2 is 1.67 bits per heavy atom. The van der Waals surface area contributed by atoms with Crippen LogP contribution in [-0.2, 0) is 0 Å². The molecule has 106 valence electrons. The van der Waals surface area contributed by atoms with E-state index in [2.05, 4.69) is 0 Å². The molecule has 1 aliphatic carbocycles. The Hall–Kier alpha value is -0.290. The van der Waals surface area contributed by atoms with Crippen molar-refractivity contribution in [3.05, 3.63) is 0 Å². The van der Waals surface area contributed by atoms with Crippen molar-refractivity contribution in [2.75, 3.05) is 13.1 Å². The fourth-order valence-electron chi connectivity index (χ4n) is 3.27. The molecular formula is C13H22F3NO. The lowest BCUT2D eigenvalue weighted by Gasteiger charge is -2.40. The number of aliphatic hydroxyl groups is 1. The van der Waals surface area contributed by atoms with E-state index in [-0.39, 0.29) is 19.0 Å². The number of nitrogens with zero attached hydrogens (tertiary/aromatic N) is 1. The molecule has 18 heavy (non-hydrogen) atoms. The molecule has 2 nitrogen and oxygen atoms in total. The van der Waals surface area contributed by atoms with Crippen molar-refractivity contribution < 1.29 is 18.3 Å². The summed E-state index contributed by atoms with van der Waals surface area (Å²) in [4.78, 5) is 1.89. The van der Waals surface area contributed by atoms with Crippen LogP contribution in [0.15, 0.2) is 0 Å². The van der Waals surface area contributed by atoms with E-state index in [0.717, 1.165) is 32.1 Å². The molecule has 0 amide bonds. The molecule has 1 heterocycles. The first-order valence-electron chi connectivity index (χ1n) is 6.97. The Kier molecular flexibility index (Phi) is 4.54. The number of piperidine rings is 1. The van der Waals surface area contributed by atoms with E-state index >= 15 is 0 Å². The first-order chi connectivity index (χ1) is 8.48. The van der Waals surface area contributed by atoms with Crippen LogP contribution < -0.4 is 0 Å². The fraction of sp³-hybridized carbons (Fsp3) is 1.00. The van der Waals surface area contributed by atoms with Crippen LogP contribution in [0.4, 0.5) is 13.2 Å². The largest absolute Gasteiger partial charge is 0.393 e. The molecular weight excluding hydrogens is 243 g/mol. The van der Waals surface area contributed by atoms with Crippen LogP contribution in [0.5, 0.6) is 0 Å². The number of likely N-dealkylation sites (tertiary alicyclic amines) is 1. The highest BCUT2D eigenvalue weighted by Crippen LogP contribution is 2.35. The Labute approximate surface area is 106 Å². The van der Waals surface area contributed by atoms with E-state index in [0.29, 0.717) is 13.0 Å². The van der Waals surface area contributed by atoms with Gasteiger partial charge in [-0.2, -0.15) is 13.2 Å². The maximum Gasteiger partial charge on any atom is 0.393 e. The summed E-state index contributed by atoms with van der Waals surface area (Å²) in [6.07, 6.45) is 0.973. The Morgan fingerprint density at radius 1 is 0.944 bits per heavy atom. The zero-order valence-corrected chi connectivity index (χ0v) is 10.6. The molecule has 0 spiro atoms. The molecule has 5 heteroatoms. The van der Waals surface area contributed by atoms with E-state index in [9.17, 15) is 18.3 Å². The van der Waals surface area contributed by atoms with Crippen LogP contribution in [0.25, 0.3) is 0 Å². The Morgan fingerprint density at radius 3 is 2.39 bits per heavy atom. The second-order valence-electron chi connectivity index (χ2n) is 5.65. The quantitative estimate of drug-likeness (QED) is 0.737. The molecule has 0 aromatic heterocycles. The topological polar surface area (TPSA) is 23.5 Å². The van der Waals surface area contributed by atoms with Gasteiger partial charge in [0.1, 0.15) is 0 Å². The molecule has 1 aliphatic heterocycles. The summed E-state index contributed by atoms with van der Waals surface area (Å²) in [5, 5.41) is 10.1. The van der Waals surface area contributed by atoms with E-state index in [4.69, 9.17) is 0 Å². The minimum atomic E-state index is -4.09. The summed E-state index contributed by atoms with van der Waals surface area (Å²) >= 11 is 0. The smallest absolute Gasteiger partial charge is 0.391 e. The molecule has 0 aromatic carbocycles. The van der Waals surface area contributed by atoms with Crippen molar-refractivity contribution >= 4 is 0 Å². The highest BCUT2D eigenvalue weighted by atomic mass is 19.4. The van der Waals surface area contributed by atoms with Crippen molar-refractivity contribution in [1.82, 2.24) is 4.90 Å². The van der Waals surface area contributed by atoms with Crippen LogP contribution in [0.1, 0.15) is 44.9 Å². The molecule has 1 saturated heterocycles. The van der Waals surface area contributed by atoms with Crippen LogP contribution in [0.3, 0.4) is 0 Å². The third-order valence-electron chi connectivity index (χ3n) is 4.33. The normalized spacial score (nSPS) is 36.3. The summed E-state index contributed by atoms with van der Waals surface area (Å²) in [5.41, 5.74) is 0. The molecule has 1 N–H and O–H groups in total. The van der Waals surface area contributed by atoms with Gasteiger partial charge in [-0.3, -0.25) is 4.90 Å². The molecule has 1 saturated carbocycles. The summed E-state index contributed by atoms with van der Waals surface area (Å²) in [5.74, 6) is -1.21. The van der Waals surface area contributed by atoms with Crippen molar-refractivity contribution in [2.24, 2.45) is 5.92 Å². The van der Waals surface area contributed by atoms with Crippen LogP contribution in [0.2, 0.25) is 0 Å². The minimum Gasteiger partial charge on any atom is -0.391 e. The first kappa shape index (κ1) is 14.1. The second kappa shape index (κ2) is 5.78. The number of halogens is 3.